The summed E-state index contributed by atoms with van der Waals surface area (Å²) in [5.74, 6) is -1.52. The molecule has 2 N–H and O–H groups in total. The highest BCUT2D eigenvalue weighted by molar-refractivity contribution is 7.20. The number of fused-ring (bicyclic) bond motifs is 1. The van der Waals surface area contributed by atoms with Gasteiger partial charge in [-0.15, -0.1) is 0 Å². The Morgan fingerprint density at radius 3 is 2.40 bits per heavy atom. The van der Waals surface area contributed by atoms with E-state index in [9.17, 15) is 19.4 Å². The molecule has 0 atom stereocenters. The molecule has 0 aliphatic heterocycles. The van der Waals surface area contributed by atoms with E-state index in [-0.39, 0.29) is 27.6 Å². The maximum Gasteiger partial charge on any atom is 0.242 e. The lowest BCUT2D eigenvalue weighted by atomic mass is 9.86. The van der Waals surface area contributed by atoms with E-state index in [1.807, 2.05) is 24.3 Å². The lowest BCUT2D eigenvalue weighted by molar-refractivity contribution is 0.101. The Hall–Kier alpha value is -3.91. The van der Waals surface area contributed by atoms with E-state index in [1.165, 1.54) is 22.8 Å². The van der Waals surface area contributed by atoms with Gasteiger partial charge in [0, 0.05) is 0 Å². The summed E-state index contributed by atoms with van der Waals surface area (Å²) in [5.41, 5.74) is 2.27. The molecule has 5 aromatic rings. The number of rotatable bonds is 4. The van der Waals surface area contributed by atoms with E-state index < -0.39 is 23.2 Å². The van der Waals surface area contributed by atoms with Gasteiger partial charge in [0.15, 0.2) is 16.6 Å². The molecular formula is C27H23FN2O4S. The van der Waals surface area contributed by atoms with Crippen molar-refractivity contribution in [3.05, 3.63) is 83.1 Å². The molecule has 0 aliphatic carbocycles. The third-order valence-electron chi connectivity index (χ3n) is 5.87. The SMILES string of the molecule is Cc1ccc(C(=O)c2c(O)c(O)n(-c3nc4ccc(F)cc4s3)c2-c2ccc(C(C)(C)C)cc2)o1. The van der Waals surface area contributed by atoms with Crippen LogP contribution in [0.1, 0.15) is 48.2 Å². The van der Waals surface area contributed by atoms with Gasteiger partial charge in [-0.05, 0) is 53.8 Å². The number of halogens is 1. The van der Waals surface area contributed by atoms with Crippen molar-refractivity contribution >= 4 is 27.3 Å². The van der Waals surface area contributed by atoms with Crippen molar-refractivity contribution < 1.29 is 23.8 Å². The smallest absolute Gasteiger partial charge is 0.242 e. The zero-order valence-corrected chi connectivity index (χ0v) is 20.4. The second kappa shape index (κ2) is 8.09. The number of carbonyl (C=O) groups excluding carboxylic acids is 1. The molecule has 0 saturated heterocycles. The second-order valence-corrected chi connectivity index (χ2v) is 10.4. The number of benzene rings is 2. The first-order valence-corrected chi connectivity index (χ1v) is 11.8. The summed E-state index contributed by atoms with van der Waals surface area (Å²) < 4.78 is 21.2. The van der Waals surface area contributed by atoms with Crippen molar-refractivity contribution in [3.8, 4) is 28.0 Å². The number of nitrogens with zero attached hydrogens (tertiary/aromatic N) is 2. The van der Waals surface area contributed by atoms with Crippen molar-refractivity contribution in [2.45, 2.75) is 33.1 Å². The van der Waals surface area contributed by atoms with Gasteiger partial charge in [0.2, 0.25) is 11.7 Å². The lowest BCUT2D eigenvalue weighted by Crippen LogP contribution is -2.10. The average molecular weight is 491 g/mol. The summed E-state index contributed by atoms with van der Waals surface area (Å²) in [6, 6.07) is 14.9. The topological polar surface area (TPSA) is 88.5 Å². The number of thiazole rings is 1. The minimum absolute atomic E-state index is 0.0360. The molecule has 6 nitrogen and oxygen atoms in total. The van der Waals surface area contributed by atoms with Gasteiger partial charge in [0.1, 0.15) is 11.6 Å². The predicted molar refractivity (Wildman–Crippen MR) is 133 cm³/mol. The van der Waals surface area contributed by atoms with Crippen molar-refractivity contribution in [2.24, 2.45) is 0 Å². The highest BCUT2D eigenvalue weighted by atomic mass is 32.1. The minimum atomic E-state index is -0.579. The summed E-state index contributed by atoms with van der Waals surface area (Å²) in [4.78, 5) is 18.0. The van der Waals surface area contributed by atoms with Crippen LogP contribution >= 0.6 is 11.3 Å². The molecule has 0 fully saturated rings. The van der Waals surface area contributed by atoms with Crippen LogP contribution in [0.25, 0.3) is 26.6 Å². The first kappa shape index (κ1) is 22.9. The first-order valence-electron chi connectivity index (χ1n) is 11.0. The molecule has 0 saturated carbocycles. The van der Waals surface area contributed by atoms with Crippen LogP contribution in [0, 0.1) is 12.7 Å². The van der Waals surface area contributed by atoms with Gasteiger partial charge < -0.3 is 14.6 Å². The van der Waals surface area contributed by atoms with E-state index in [0.717, 1.165) is 16.9 Å². The van der Waals surface area contributed by atoms with E-state index in [4.69, 9.17) is 4.42 Å². The molecule has 35 heavy (non-hydrogen) atoms. The second-order valence-electron chi connectivity index (χ2n) is 9.41. The van der Waals surface area contributed by atoms with E-state index in [1.54, 1.807) is 19.1 Å². The van der Waals surface area contributed by atoms with Crippen LogP contribution in [0.5, 0.6) is 11.6 Å². The Balaban J connectivity index is 1.78. The molecule has 0 aliphatic rings. The summed E-state index contributed by atoms with van der Waals surface area (Å²) >= 11 is 1.13. The first-order chi connectivity index (χ1) is 16.5. The van der Waals surface area contributed by atoms with Crippen LogP contribution in [0.2, 0.25) is 0 Å². The number of aromatic hydroxyl groups is 2. The number of furan rings is 1. The highest BCUT2D eigenvalue weighted by Gasteiger charge is 2.32. The Morgan fingerprint density at radius 2 is 1.77 bits per heavy atom. The van der Waals surface area contributed by atoms with Crippen molar-refractivity contribution in [3.63, 3.8) is 0 Å². The normalized spacial score (nSPS) is 11.9. The van der Waals surface area contributed by atoms with Crippen molar-refractivity contribution in [1.29, 1.82) is 0 Å². The van der Waals surface area contributed by atoms with Crippen LogP contribution in [-0.4, -0.2) is 25.5 Å². The van der Waals surface area contributed by atoms with Crippen LogP contribution < -0.4 is 0 Å². The van der Waals surface area contributed by atoms with Gasteiger partial charge in [-0.25, -0.2) is 9.37 Å². The van der Waals surface area contributed by atoms with Crippen LogP contribution in [0.15, 0.2) is 59.0 Å². The Morgan fingerprint density at radius 1 is 1.06 bits per heavy atom. The molecule has 0 amide bonds. The fraction of sp³-hybridized carbons (Fsp3) is 0.185. The largest absolute Gasteiger partial charge is 0.503 e. The predicted octanol–water partition coefficient (Wildman–Crippen LogP) is 6.73. The number of ketones is 1. The zero-order valence-electron chi connectivity index (χ0n) is 19.6. The molecule has 5 rings (SSSR count). The molecule has 2 aromatic carbocycles. The minimum Gasteiger partial charge on any atom is -0.503 e. The van der Waals surface area contributed by atoms with Crippen molar-refractivity contribution in [1.82, 2.24) is 9.55 Å². The molecule has 0 unspecified atom stereocenters. The maximum atomic E-state index is 13.8. The van der Waals surface area contributed by atoms with E-state index >= 15 is 0 Å². The summed E-state index contributed by atoms with van der Waals surface area (Å²) in [6.45, 7) is 8.00. The summed E-state index contributed by atoms with van der Waals surface area (Å²) in [5, 5.41) is 22.2. The lowest BCUT2D eigenvalue weighted by Gasteiger charge is -2.19. The molecule has 178 valence electrons. The molecule has 0 bridgehead atoms. The summed E-state index contributed by atoms with van der Waals surface area (Å²) in [7, 11) is 0. The van der Waals surface area contributed by atoms with Gasteiger partial charge in [-0.1, -0.05) is 56.4 Å². The van der Waals surface area contributed by atoms with Gasteiger partial charge in [-0.3, -0.25) is 9.36 Å². The van der Waals surface area contributed by atoms with Gasteiger partial charge in [0.05, 0.1) is 21.5 Å². The molecule has 0 radical (unpaired) electrons. The molecule has 0 spiro atoms. The maximum absolute atomic E-state index is 13.8. The van der Waals surface area contributed by atoms with Crippen molar-refractivity contribution in [2.75, 3.05) is 0 Å². The van der Waals surface area contributed by atoms with Gasteiger partial charge in [-0.2, -0.15) is 0 Å². The van der Waals surface area contributed by atoms with Gasteiger partial charge in [0.25, 0.3) is 0 Å². The molecular weight excluding hydrogens is 467 g/mol. The monoisotopic (exact) mass is 490 g/mol. The zero-order chi connectivity index (χ0) is 25.1. The highest BCUT2D eigenvalue weighted by Crippen LogP contribution is 2.45. The molecule has 3 heterocycles. The third-order valence-corrected chi connectivity index (χ3v) is 6.87. The third kappa shape index (κ3) is 3.89. The van der Waals surface area contributed by atoms with Crippen LogP contribution in [-0.2, 0) is 5.41 Å². The fourth-order valence-corrected chi connectivity index (χ4v) is 5.01. The number of aryl methyl sites for hydroxylation is 1. The van der Waals surface area contributed by atoms with E-state index in [0.29, 0.717) is 21.5 Å². The van der Waals surface area contributed by atoms with Crippen LogP contribution in [0.4, 0.5) is 4.39 Å². The Kier molecular flexibility index (Phi) is 5.29. The number of aromatic nitrogens is 2. The Labute approximate surface area is 204 Å². The number of hydrogen-bond acceptors (Lipinski definition) is 6. The standard InChI is InChI=1S/C27H23FN2O4S/c1-14-5-12-19(34-14)23(31)21-22(15-6-8-16(9-7-15)27(2,3)4)30(25(33)24(21)32)26-29-18-11-10-17(28)13-20(18)35-26/h5-13,32-33H,1-4H3. The van der Waals surface area contributed by atoms with E-state index in [2.05, 4.69) is 25.8 Å². The Bertz CT molecular complexity index is 1590. The molecule has 3 aromatic heterocycles. The quantitative estimate of drug-likeness (QED) is 0.273. The van der Waals surface area contributed by atoms with Gasteiger partial charge >= 0.3 is 0 Å². The average Bonchev–Trinajstić information content (AvgIpc) is 3.49. The number of hydrogen-bond donors (Lipinski definition) is 2. The molecule has 8 heteroatoms. The fourth-order valence-electron chi connectivity index (χ4n) is 4.01. The number of carbonyl (C=O) groups is 1. The van der Waals surface area contributed by atoms with Crippen LogP contribution in [0.3, 0.4) is 0 Å². The summed E-state index contributed by atoms with van der Waals surface area (Å²) in [6.07, 6.45) is 0.